The highest BCUT2D eigenvalue weighted by Crippen LogP contribution is 2.17. The maximum atomic E-state index is 12.9. The van der Waals surface area contributed by atoms with Crippen molar-refractivity contribution >= 4 is 17.9 Å². The van der Waals surface area contributed by atoms with E-state index < -0.39 is 6.10 Å². The van der Waals surface area contributed by atoms with E-state index in [4.69, 9.17) is 14.2 Å². The Hall–Kier alpha value is -3.41. The number of ether oxygens (including phenoxy) is 3. The number of allylic oxidation sites excluding steroid dienone is 14. The van der Waals surface area contributed by atoms with Gasteiger partial charge in [0.1, 0.15) is 13.2 Å². The number of hydrogen-bond acceptors (Lipinski definition) is 6. The molecule has 6 nitrogen and oxygen atoms in total. The van der Waals surface area contributed by atoms with E-state index in [1.54, 1.807) is 0 Å². The Labute approximate surface area is 445 Å². The van der Waals surface area contributed by atoms with Crippen molar-refractivity contribution in [1.29, 1.82) is 0 Å². The monoisotopic (exact) mass is 1000 g/mol. The molecule has 6 heteroatoms. The van der Waals surface area contributed by atoms with Gasteiger partial charge in [-0.2, -0.15) is 0 Å². The van der Waals surface area contributed by atoms with Gasteiger partial charge in [-0.3, -0.25) is 14.4 Å². The Balaban J connectivity index is 4.44. The summed E-state index contributed by atoms with van der Waals surface area (Å²) in [5.74, 6) is -0.919. The zero-order chi connectivity index (χ0) is 52.2. The first-order valence-electron chi connectivity index (χ1n) is 30.7. The number of carbonyl (C=O) groups is 3. The molecule has 0 saturated heterocycles. The summed E-state index contributed by atoms with van der Waals surface area (Å²) in [6.45, 7) is 6.50. The van der Waals surface area contributed by atoms with Crippen molar-refractivity contribution < 1.29 is 28.6 Å². The lowest BCUT2D eigenvalue weighted by Crippen LogP contribution is -2.30. The van der Waals surface area contributed by atoms with Crippen LogP contribution >= 0.6 is 0 Å². The van der Waals surface area contributed by atoms with Crippen LogP contribution in [0.4, 0.5) is 0 Å². The molecule has 0 aliphatic rings. The average molecular weight is 1000 g/mol. The molecular weight excluding hydrogens is 889 g/mol. The lowest BCUT2D eigenvalue weighted by Gasteiger charge is -2.18. The molecule has 1 unspecified atom stereocenters. The second kappa shape index (κ2) is 60.1. The largest absolute Gasteiger partial charge is 0.462 e. The van der Waals surface area contributed by atoms with Gasteiger partial charge in [-0.15, -0.1) is 0 Å². The predicted molar refractivity (Wildman–Crippen MR) is 311 cm³/mol. The number of carbonyl (C=O) groups excluding carboxylic acids is 3. The zero-order valence-corrected chi connectivity index (χ0v) is 47.4. The van der Waals surface area contributed by atoms with E-state index in [2.05, 4.69) is 39.0 Å². The first-order valence-corrected chi connectivity index (χ1v) is 30.7. The predicted octanol–water partition coefficient (Wildman–Crippen LogP) is 20.7. The first kappa shape index (κ1) is 68.6. The number of unbranched alkanes of at least 4 members (excludes halogenated alkanes) is 36. The minimum atomic E-state index is -0.794. The summed E-state index contributed by atoms with van der Waals surface area (Å²) < 4.78 is 16.9. The highest BCUT2D eigenvalue weighted by Gasteiger charge is 2.19. The molecule has 0 heterocycles. The molecule has 0 fully saturated rings. The fourth-order valence-electron chi connectivity index (χ4n) is 8.78. The van der Waals surface area contributed by atoms with Crippen molar-refractivity contribution in [3.63, 3.8) is 0 Å². The normalized spacial score (nSPS) is 12.7. The van der Waals surface area contributed by atoms with Crippen molar-refractivity contribution in [3.8, 4) is 0 Å². The van der Waals surface area contributed by atoms with Gasteiger partial charge >= 0.3 is 17.9 Å². The van der Waals surface area contributed by atoms with Crippen molar-refractivity contribution in [1.82, 2.24) is 0 Å². The topological polar surface area (TPSA) is 78.9 Å². The van der Waals surface area contributed by atoms with Crippen LogP contribution in [0, 0.1) is 0 Å². The van der Waals surface area contributed by atoms with Crippen LogP contribution in [0.2, 0.25) is 0 Å². The second-order valence-electron chi connectivity index (χ2n) is 20.4. The van der Waals surface area contributed by atoms with Gasteiger partial charge in [0.2, 0.25) is 0 Å². The Kier molecular flexibility index (Phi) is 57.3. The van der Waals surface area contributed by atoms with Gasteiger partial charge in [0, 0.05) is 19.3 Å². The van der Waals surface area contributed by atoms with E-state index in [0.717, 1.165) is 70.6 Å². The van der Waals surface area contributed by atoms with Gasteiger partial charge in [0.25, 0.3) is 0 Å². The van der Waals surface area contributed by atoms with Crippen LogP contribution in [0.15, 0.2) is 85.1 Å². The number of hydrogen-bond donors (Lipinski definition) is 0. The van der Waals surface area contributed by atoms with Crippen LogP contribution in [-0.2, 0) is 28.6 Å². The summed E-state index contributed by atoms with van der Waals surface area (Å²) >= 11 is 0. The molecule has 0 aromatic carbocycles. The third-order valence-electron chi connectivity index (χ3n) is 13.4. The highest BCUT2D eigenvalue weighted by molar-refractivity contribution is 5.71. The Bertz CT molecular complexity index is 1380. The molecule has 72 heavy (non-hydrogen) atoms. The fourth-order valence-corrected chi connectivity index (χ4v) is 8.78. The van der Waals surface area contributed by atoms with E-state index in [9.17, 15) is 14.4 Å². The summed E-state index contributed by atoms with van der Waals surface area (Å²) in [6.07, 6.45) is 78.6. The molecule has 0 spiro atoms. The van der Waals surface area contributed by atoms with Crippen molar-refractivity contribution in [2.45, 2.75) is 303 Å². The Morgan fingerprint density at radius 2 is 0.542 bits per heavy atom. The van der Waals surface area contributed by atoms with Gasteiger partial charge in [-0.05, 0) is 38.5 Å². The van der Waals surface area contributed by atoms with Crippen LogP contribution in [0.3, 0.4) is 0 Å². The minimum absolute atomic E-state index is 0.0875. The van der Waals surface area contributed by atoms with E-state index in [1.807, 2.05) is 66.8 Å². The maximum absolute atomic E-state index is 12.9. The molecule has 0 bridgehead atoms. The van der Waals surface area contributed by atoms with Gasteiger partial charge < -0.3 is 14.2 Å². The van der Waals surface area contributed by atoms with Gasteiger partial charge in [-0.25, -0.2) is 0 Å². The Morgan fingerprint density at radius 3 is 0.847 bits per heavy atom. The summed E-state index contributed by atoms with van der Waals surface area (Å²) in [5, 5.41) is 0. The van der Waals surface area contributed by atoms with Crippen molar-refractivity contribution in [3.05, 3.63) is 85.1 Å². The molecule has 0 saturated carbocycles. The summed E-state index contributed by atoms with van der Waals surface area (Å²) in [4.78, 5) is 38.3. The standard InChI is InChI=1S/C66H114O6/c1-4-7-10-13-16-19-22-25-28-31-33-35-38-41-44-47-50-53-56-59-65(68)71-62-63(61-70-64(67)58-55-52-49-46-43-40-37-30-27-24-21-18-15-12-9-6-3)72-66(69)60-57-54-51-48-45-42-39-36-34-32-29-26-23-20-17-14-11-8-5-2/h7,10,13,16,19,22,25,28,31,33,35,38,41,44,63H,4-6,8-9,11-12,14-15,17-18,20-21,23-24,26-27,29-30,32,34,36-37,39-40,42-43,45-62H2,1-3H3/b10-7-,16-13-,22-19-,28-25-,33-31+,38-35-,44-41-. The molecule has 0 rings (SSSR count). The molecule has 0 aliphatic heterocycles. The lowest BCUT2D eigenvalue weighted by molar-refractivity contribution is -0.167. The van der Waals surface area contributed by atoms with E-state index in [-0.39, 0.29) is 31.1 Å². The van der Waals surface area contributed by atoms with Crippen LogP contribution < -0.4 is 0 Å². The van der Waals surface area contributed by atoms with Gasteiger partial charge in [0.15, 0.2) is 6.10 Å². The fraction of sp³-hybridized carbons (Fsp3) is 0.742. The SMILES string of the molecule is CC\C=C/C=C\C=C/C=C\C=C\C=C/C=C\CCCCCC(=O)OCC(COC(=O)CCCCCCCCCCCCCCCCCC)OC(=O)CCCCCCCCCCCCCCCCCCCCC. The van der Waals surface area contributed by atoms with E-state index in [0.29, 0.717) is 19.3 Å². The molecule has 0 N–H and O–H groups in total. The molecule has 1 atom stereocenters. The van der Waals surface area contributed by atoms with Gasteiger partial charge in [-0.1, -0.05) is 324 Å². The average Bonchev–Trinajstić information content (AvgIpc) is 3.38. The molecule has 0 aromatic heterocycles. The summed E-state index contributed by atoms with van der Waals surface area (Å²) in [5.41, 5.74) is 0. The van der Waals surface area contributed by atoms with Gasteiger partial charge in [0.05, 0.1) is 0 Å². The summed E-state index contributed by atoms with van der Waals surface area (Å²) in [6, 6.07) is 0. The van der Waals surface area contributed by atoms with Crippen molar-refractivity contribution in [2.24, 2.45) is 0 Å². The lowest BCUT2D eigenvalue weighted by atomic mass is 10.0. The molecular formula is C66H114O6. The molecule has 0 aliphatic carbocycles. The van der Waals surface area contributed by atoms with E-state index in [1.165, 1.54) is 186 Å². The third kappa shape index (κ3) is 57.5. The number of rotatable bonds is 55. The zero-order valence-electron chi connectivity index (χ0n) is 47.4. The first-order chi connectivity index (χ1) is 35.5. The minimum Gasteiger partial charge on any atom is -0.462 e. The molecule has 0 radical (unpaired) electrons. The van der Waals surface area contributed by atoms with Crippen LogP contribution in [-0.4, -0.2) is 37.2 Å². The quantitative estimate of drug-likeness (QED) is 0.0261. The van der Waals surface area contributed by atoms with Crippen LogP contribution in [0.5, 0.6) is 0 Å². The third-order valence-corrected chi connectivity index (χ3v) is 13.4. The van der Waals surface area contributed by atoms with Crippen molar-refractivity contribution in [2.75, 3.05) is 13.2 Å². The number of esters is 3. The van der Waals surface area contributed by atoms with Crippen LogP contribution in [0.1, 0.15) is 297 Å². The molecule has 0 amide bonds. The summed E-state index contributed by atoms with van der Waals surface area (Å²) in [7, 11) is 0. The smallest absolute Gasteiger partial charge is 0.306 e. The molecule has 414 valence electrons. The maximum Gasteiger partial charge on any atom is 0.306 e. The molecule has 0 aromatic rings. The van der Waals surface area contributed by atoms with E-state index >= 15 is 0 Å². The Morgan fingerprint density at radius 1 is 0.292 bits per heavy atom. The van der Waals surface area contributed by atoms with Crippen LogP contribution in [0.25, 0.3) is 0 Å². The second-order valence-corrected chi connectivity index (χ2v) is 20.4. The highest BCUT2D eigenvalue weighted by atomic mass is 16.6.